The van der Waals surface area contributed by atoms with Crippen LogP contribution in [0.1, 0.15) is 98.3 Å². The minimum atomic E-state index is -0.314. The van der Waals surface area contributed by atoms with Gasteiger partial charge in [0.25, 0.3) is 0 Å². The molecular weight excluding hydrogens is 328 g/mol. The molecule has 0 saturated carbocycles. The van der Waals surface area contributed by atoms with Crippen LogP contribution in [0.3, 0.4) is 0 Å². The lowest BCUT2D eigenvalue weighted by Gasteiger charge is -2.19. The molecule has 1 atom stereocenters. The molecular formula is C22H38O4. The fourth-order valence-corrected chi connectivity index (χ4v) is 2.62. The highest BCUT2D eigenvalue weighted by Gasteiger charge is 2.17. The Morgan fingerprint density at radius 2 is 1.46 bits per heavy atom. The predicted molar refractivity (Wildman–Crippen MR) is 106 cm³/mol. The first-order valence-electron chi connectivity index (χ1n) is 10.3. The van der Waals surface area contributed by atoms with E-state index in [0.717, 1.165) is 32.1 Å². The Balaban J connectivity index is 3.53. The number of unbranched alkanes of at least 4 members (excludes halogenated alkanes) is 6. The number of carbonyl (C=O) groups excluding carboxylic acids is 2. The van der Waals surface area contributed by atoms with E-state index in [1.807, 2.05) is 20.8 Å². The number of ether oxygens (including phenoxy) is 2. The summed E-state index contributed by atoms with van der Waals surface area (Å²) < 4.78 is 10.5. The van der Waals surface area contributed by atoms with Crippen LogP contribution in [0.4, 0.5) is 0 Å². The van der Waals surface area contributed by atoms with E-state index in [-0.39, 0.29) is 30.9 Å². The number of carbonyl (C=O) groups is 2. The fourth-order valence-electron chi connectivity index (χ4n) is 2.62. The summed E-state index contributed by atoms with van der Waals surface area (Å²) in [6.07, 6.45) is 9.59. The average molecular weight is 367 g/mol. The van der Waals surface area contributed by atoms with Gasteiger partial charge in [-0.05, 0) is 25.2 Å². The van der Waals surface area contributed by atoms with Crippen molar-refractivity contribution in [2.24, 2.45) is 5.92 Å². The Bertz CT molecular complexity index is 431. The van der Waals surface area contributed by atoms with E-state index >= 15 is 0 Å². The smallest absolute Gasteiger partial charge is 0.306 e. The van der Waals surface area contributed by atoms with Crippen molar-refractivity contribution in [2.45, 2.75) is 104 Å². The summed E-state index contributed by atoms with van der Waals surface area (Å²) in [6.45, 7) is 8.55. The number of rotatable bonds is 14. The molecule has 0 aliphatic rings. The second-order valence-electron chi connectivity index (χ2n) is 6.98. The Labute approximate surface area is 160 Å². The van der Waals surface area contributed by atoms with Crippen LogP contribution < -0.4 is 0 Å². The number of esters is 2. The maximum Gasteiger partial charge on any atom is 0.306 e. The molecule has 0 heterocycles. The van der Waals surface area contributed by atoms with Crippen LogP contribution in [0.15, 0.2) is 0 Å². The van der Waals surface area contributed by atoms with Crippen LogP contribution in [0.2, 0.25) is 0 Å². The zero-order valence-corrected chi connectivity index (χ0v) is 17.3. The molecule has 0 amide bonds. The first-order valence-corrected chi connectivity index (χ1v) is 10.3. The van der Waals surface area contributed by atoms with E-state index in [1.54, 1.807) is 0 Å². The molecule has 0 aromatic heterocycles. The molecule has 0 aromatic carbocycles. The van der Waals surface area contributed by atoms with Gasteiger partial charge >= 0.3 is 11.9 Å². The standard InChI is InChI=1S/C22H38O4/c1-5-7-8-9-10-11-12-13-14-15-18-25-21(23)16-17-22(24)26-20(6-2)19(3)4/h19-20H,5-6,9-18H2,1-4H3. The quantitative estimate of drug-likeness (QED) is 0.234. The molecule has 0 radical (unpaired) electrons. The average Bonchev–Trinajstić information content (AvgIpc) is 2.62. The second kappa shape index (κ2) is 16.9. The number of hydrogen-bond donors (Lipinski definition) is 0. The Morgan fingerprint density at radius 1 is 0.846 bits per heavy atom. The third kappa shape index (κ3) is 14.8. The zero-order chi connectivity index (χ0) is 19.6. The minimum absolute atomic E-state index is 0.0720. The molecule has 4 heteroatoms. The number of hydrogen-bond acceptors (Lipinski definition) is 4. The molecule has 0 aliphatic carbocycles. The predicted octanol–water partition coefficient (Wildman–Crippen LogP) is 5.43. The fraction of sp³-hybridized carbons (Fsp3) is 0.818. The summed E-state index contributed by atoms with van der Waals surface area (Å²) in [5, 5.41) is 0. The van der Waals surface area contributed by atoms with Gasteiger partial charge in [-0.2, -0.15) is 0 Å². The zero-order valence-electron chi connectivity index (χ0n) is 17.3. The van der Waals surface area contributed by atoms with Crippen LogP contribution in [0.25, 0.3) is 0 Å². The summed E-state index contributed by atoms with van der Waals surface area (Å²) >= 11 is 0. The normalized spacial score (nSPS) is 11.6. The van der Waals surface area contributed by atoms with Crippen molar-refractivity contribution in [3.05, 3.63) is 0 Å². The van der Waals surface area contributed by atoms with Crippen LogP contribution in [-0.2, 0) is 19.1 Å². The first kappa shape index (κ1) is 24.5. The molecule has 0 aromatic rings. The highest BCUT2D eigenvalue weighted by atomic mass is 16.5. The van der Waals surface area contributed by atoms with Crippen LogP contribution in [-0.4, -0.2) is 24.6 Å². The van der Waals surface area contributed by atoms with E-state index in [9.17, 15) is 9.59 Å². The van der Waals surface area contributed by atoms with Gasteiger partial charge in [0.15, 0.2) is 0 Å². The molecule has 0 saturated heterocycles. The maximum atomic E-state index is 11.7. The Kier molecular flexibility index (Phi) is 16.0. The molecule has 0 fully saturated rings. The molecule has 150 valence electrons. The van der Waals surface area contributed by atoms with E-state index in [4.69, 9.17) is 9.47 Å². The van der Waals surface area contributed by atoms with Gasteiger partial charge in [-0.3, -0.25) is 9.59 Å². The molecule has 0 bridgehead atoms. The summed E-state index contributed by atoms with van der Waals surface area (Å²) in [5.41, 5.74) is 0. The lowest BCUT2D eigenvalue weighted by Crippen LogP contribution is -2.23. The van der Waals surface area contributed by atoms with E-state index < -0.39 is 0 Å². The van der Waals surface area contributed by atoms with Crippen LogP contribution >= 0.6 is 0 Å². The monoisotopic (exact) mass is 366 g/mol. The van der Waals surface area contributed by atoms with Gasteiger partial charge < -0.3 is 9.47 Å². The topological polar surface area (TPSA) is 52.6 Å². The second-order valence-corrected chi connectivity index (χ2v) is 6.98. The van der Waals surface area contributed by atoms with Gasteiger partial charge in [0, 0.05) is 12.8 Å². The molecule has 0 spiro atoms. The highest BCUT2D eigenvalue weighted by Crippen LogP contribution is 2.12. The lowest BCUT2D eigenvalue weighted by molar-refractivity contribution is -0.155. The third-order valence-corrected chi connectivity index (χ3v) is 4.22. The van der Waals surface area contributed by atoms with Crippen molar-refractivity contribution in [2.75, 3.05) is 6.61 Å². The summed E-state index contributed by atoms with van der Waals surface area (Å²) in [6, 6.07) is 0. The van der Waals surface area contributed by atoms with Crippen molar-refractivity contribution in [1.29, 1.82) is 0 Å². The molecule has 0 aliphatic heterocycles. The van der Waals surface area contributed by atoms with E-state index in [1.165, 1.54) is 25.7 Å². The Morgan fingerprint density at radius 3 is 2.08 bits per heavy atom. The molecule has 0 N–H and O–H groups in total. The van der Waals surface area contributed by atoms with Gasteiger partial charge in [0.05, 0.1) is 19.4 Å². The van der Waals surface area contributed by atoms with E-state index in [2.05, 4.69) is 18.8 Å². The van der Waals surface area contributed by atoms with Crippen LogP contribution in [0, 0.1) is 17.8 Å². The van der Waals surface area contributed by atoms with Gasteiger partial charge in [0.1, 0.15) is 6.10 Å². The van der Waals surface area contributed by atoms with Crippen molar-refractivity contribution >= 4 is 11.9 Å². The van der Waals surface area contributed by atoms with Crippen LogP contribution in [0.5, 0.6) is 0 Å². The molecule has 0 rings (SSSR count). The highest BCUT2D eigenvalue weighted by molar-refractivity contribution is 5.77. The maximum absolute atomic E-state index is 11.7. The van der Waals surface area contributed by atoms with Gasteiger partial charge in [-0.1, -0.05) is 53.4 Å². The van der Waals surface area contributed by atoms with Gasteiger partial charge in [0.2, 0.25) is 0 Å². The van der Waals surface area contributed by atoms with Crippen molar-refractivity contribution < 1.29 is 19.1 Å². The lowest BCUT2D eigenvalue weighted by atomic mass is 10.1. The molecule has 26 heavy (non-hydrogen) atoms. The summed E-state index contributed by atoms with van der Waals surface area (Å²) in [7, 11) is 0. The van der Waals surface area contributed by atoms with Crippen molar-refractivity contribution in [3.63, 3.8) is 0 Å². The SMILES string of the molecule is CCC#CCCCCCCCCOC(=O)CCC(=O)OC(CC)C(C)C. The van der Waals surface area contributed by atoms with Crippen molar-refractivity contribution in [3.8, 4) is 11.8 Å². The first-order chi connectivity index (χ1) is 12.5. The summed E-state index contributed by atoms with van der Waals surface area (Å²) in [4.78, 5) is 23.4. The molecule has 4 nitrogen and oxygen atoms in total. The third-order valence-electron chi connectivity index (χ3n) is 4.22. The Hall–Kier alpha value is -1.50. The van der Waals surface area contributed by atoms with Crippen molar-refractivity contribution in [1.82, 2.24) is 0 Å². The molecule has 1 unspecified atom stereocenters. The summed E-state index contributed by atoms with van der Waals surface area (Å²) in [5.74, 6) is 5.91. The van der Waals surface area contributed by atoms with E-state index in [0.29, 0.717) is 12.5 Å². The van der Waals surface area contributed by atoms with Gasteiger partial charge in [-0.25, -0.2) is 0 Å². The minimum Gasteiger partial charge on any atom is -0.466 e. The van der Waals surface area contributed by atoms with Gasteiger partial charge in [-0.15, -0.1) is 11.8 Å². The largest absolute Gasteiger partial charge is 0.466 e.